The van der Waals surface area contributed by atoms with Gasteiger partial charge in [0.25, 0.3) is 0 Å². The molecule has 2 aliphatic heterocycles. The molecule has 2 amide bonds. The second-order valence-electron chi connectivity index (χ2n) is 6.20. The van der Waals surface area contributed by atoms with Crippen LogP contribution in [0.4, 0.5) is 0 Å². The normalized spacial score (nSPS) is 25.9. The van der Waals surface area contributed by atoms with E-state index in [0.29, 0.717) is 6.54 Å². The van der Waals surface area contributed by atoms with E-state index in [1.165, 1.54) is 0 Å². The number of aryl methyl sites for hydroxylation is 1. The lowest BCUT2D eigenvalue weighted by atomic mass is 9.96. The van der Waals surface area contributed by atoms with Gasteiger partial charge in [0.05, 0.1) is 17.2 Å². The van der Waals surface area contributed by atoms with Gasteiger partial charge in [-0.2, -0.15) is 0 Å². The zero-order valence-electron chi connectivity index (χ0n) is 12.7. The molecular weight excluding hydrogens is 286 g/mol. The summed E-state index contributed by atoms with van der Waals surface area (Å²) in [5.74, 6) is 0.318. The first kappa shape index (κ1) is 14.5. The number of carbonyl (C=O) groups excluding carboxylic acids is 2. The minimum absolute atomic E-state index is 0.0939. The Morgan fingerprint density at radius 3 is 2.76 bits per heavy atom. The van der Waals surface area contributed by atoms with Crippen LogP contribution in [0, 0.1) is 12.8 Å². The molecule has 5 nitrogen and oxygen atoms in total. The van der Waals surface area contributed by atoms with Gasteiger partial charge in [0.1, 0.15) is 12.1 Å². The summed E-state index contributed by atoms with van der Waals surface area (Å²) >= 11 is 1.58. The molecule has 0 radical (unpaired) electrons. The number of piperazine rings is 1. The summed E-state index contributed by atoms with van der Waals surface area (Å²) < 4.78 is 0. The molecule has 6 heteroatoms. The average Bonchev–Trinajstić information content (AvgIpc) is 3.04. The molecule has 2 unspecified atom stereocenters. The first-order valence-electron chi connectivity index (χ1n) is 7.51. The van der Waals surface area contributed by atoms with E-state index < -0.39 is 0 Å². The van der Waals surface area contributed by atoms with Crippen LogP contribution in [0.1, 0.15) is 37.4 Å². The quantitative estimate of drug-likeness (QED) is 0.856. The van der Waals surface area contributed by atoms with E-state index in [9.17, 15) is 9.59 Å². The topological polar surface area (TPSA) is 53.5 Å². The lowest BCUT2D eigenvalue weighted by molar-refractivity contribution is -0.162. The molecule has 114 valence electrons. The van der Waals surface area contributed by atoms with Crippen LogP contribution in [0.2, 0.25) is 0 Å². The number of nitrogens with zero attached hydrogens (tertiary/aromatic N) is 3. The minimum atomic E-state index is -0.353. The van der Waals surface area contributed by atoms with Crippen molar-refractivity contribution >= 4 is 23.2 Å². The van der Waals surface area contributed by atoms with Crippen molar-refractivity contribution in [2.24, 2.45) is 5.92 Å². The van der Waals surface area contributed by atoms with Crippen LogP contribution in [-0.4, -0.2) is 45.2 Å². The lowest BCUT2D eigenvalue weighted by Gasteiger charge is -2.43. The third kappa shape index (κ3) is 2.46. The molecule has 1 aromatic heterocycles. The third-order valence-electron chi connectivity index (χ3n) is 4.32. The number of rotatable bonds is 3. The highest BCUT2D eigenvalue weighted by atomic mass is 32.1. The van der Waals surface area contributed by atoms with Crippen LogP contribution in [-0.2, 0) is 16.1 Å². The Balaban J connectivity index is 1.90. The van der Waals surface area contributed by atoms with Crippen LogP contribution in [0.25, 0.3) is 0 Å². The summed E-state index contributed by atoms with van der Waals surface area (Å²) in [6.45, 7) is 7.14. The van der Waals surface area contributed by atoms with Gasteiger partial charge in [-0.1, -0.05) is 13.8 Å². The summed E-state index contributed by atoms with van der Waals surface area (Å²) in [7, 11) is 0. The maximum Gasteiger partial charge on any atom is 0.246 e. The van der Waals surface area contributed by atoms with Gasteiger partial charge in [-0.05, 0) is 25.7 Å². The Kier molecular flexibility index (Phi) is 3.73. The maximum atomic E-state index is 12.8. The molecule has 2 atom stereocenters. The first-order valence-corrected chi connectivity index (χ1v) is 8.39. The van der Waals surface area contributed by atoms with E-state index in [1.807, 2.05) is 26.2 Å². The Morgan fingerprint density at radius 2 is 2.14 bits per heavy atom. The summed E-state index contributed by atoms with van der Waals surface area (Å²) in [5.41, 5.74) is 0.885. The average molecular weight is 307 g/mol. The van der Waals surface area contributed by atoms with Crippen molar-refractivity contribution in [3.8, 4) is 0 Å². The number of carbonyl (C=O) groups is 2. The molecule has 3 rings (SSSR count). The zero-order chi connectivity index (χ0) is 15.1. The fourth-order valence-electron chi connectivity index (χ4n) is 3.40. The second kappa shape index (κ2) is 5.40. The van der Waals surface area contributed by atoms with E-state index in [2.05, 4.69) is 4.98 Å². The number of hydrogen-bond donors (Lipinski definition) is 0. The molecule has 3 heterocycles. The predicted octanol–water partition coefficient (Wildman–Crippen LogP) is 1.81. The van der Waals surface area contributed by atoms with E-state index in [0.717, 1.165) is 30.1 Å². The van der Waals surface area contributed by atoms with E-state index in [1.54, 1.807) is 21.1 Å². The summed E-state index contributed by atoms with van der Waals surface area (Å²) in [6, 6.07) is -0.596. The maximum absolute atomic E-state index is 12.8. The molecule has 21 heavy (non-hydrogen) atoms. The molecule has 2 fully saturated rings. The van der Waals surface area contributed by atoms with Crippen molar-refractivity contribution in [3.05, 3.63) is 16.1 Å². The Labute approximate surface area is 129 Å². The van der Waals surface area contributed by atoms with Gasteiger partial charge in [0.15, 0.2) is 0 Å². The van der Waals surface area contributed by atoms with Gasteiger partial charge in [0, 0.05) is 11.9 Å². The van der Waals surface area contributed by atoms with Crippen LogP contribution in [0.3, 0.4) is 0 Å². The van der Waals surface area contributed by atoms with E-state index >= 15 is 0 Å². The smallest absolute Gasteiger partial charge is 0.246 e. The highest BCUT2D eigenvalue weighted by Gasteiger charge is 2.48. The van der Waals surface area contributed by atoms with Gasteiger partial charge >= 0.3 is 0 Å². The molecule has 2 saturated heterocycles. The Bertz CT molecular complexity index is 569. The standard InChI is InChI=1S/C15H21N3O2S/c1-9(2)13-15(20)17-6-4-5-12(17)14(19)18(13)7-11-8-21-10(3)16-11/h8-9,12-13H,4-7H2,1-3H3. The molecular formula is C15H21N3O2S. The predicted molar refractivity (Wildman–Crippen MR) is 80.8 cm³/mol. The Hall–Kier alpha value is -1.43. The summed E-state index contributed by atoms with van der Waals surface area (Å²) in [4.78, 5) is 33.5. The summed E-state index contributed by atoms with van der Waals surface area (Å²) in [5, 5.41) is 2.97. The lowest BCUT2D eigenvalue weighted by Crippen LogP contribution is -2.63. The second-order valence-corrected chi connectivity index (χ2v) is 7.26. The van der Waals surface area contributed by atoms with Gasteiger partial charge in [0.2, 0.25) is 11.8 Å². The van der Waals surface area contributed by atoms with Crippen molar-refractivity contribution < 1.29 is 9.59 Å². The van der Waals surface area contributed by atoms with E-state index in [4.69, 9.17) is 0 Å². The largest absolute Gasteiger partial charge is 0.329 e. The summed E-state index contributed by atoms with van der Waals surface area (Å²) in [6.07, 6.45) is 1.72. The minimum Gasteiger partial charge on any atom is -0.329 e. The highest BCUT2D eigenvalue weighted by Crippen LogP contribution is 2.31. The molecule has 0 spiro atoms. The SMILES string of the molecule is Cc1nc(CN2C(=O)C3CCCN3C(=O)C2C(C)C)cs1. The molecule has 0 saturated carbocycles. The van der Waals surface area contributed by atoms with Gasteiger partial charge in [-0.25, -0.2) is 4.98 Å². The van der Waals surface area contributed by atoms with Crippen LogP contribution >= 0.6 is 11.3 Å². The van der Waals surface area contributed by atoms with Gasteiger partial charge in [-0.15, -0.1) is 11.3 Å². The number of fused-ring (bicyclic) bond motifs is 1. The molecule has 0 aromatic carbocycles. The van der Waals surface area contributed by atoms with Crippen molar-refractivity contribution in [1.29, 1.82) is 0 Å². The third-order valence-corrected chi connectivity index (χ3v) is 5.15. The van der Waals surface area contributed by atoms with Gasteiger partial charge in [-0.3, -0.25) is 9.59 Å². The molecule has 0 aliphatic carbocycles. The monoisotopic (exact) mass is 307 g/mol. The molecule has 0 N–H and O–H groups in total. The fourth-order valence-corrected chi connectivity index (χ4v) is 4.00. The molecule has 0 bridgehead atoms. The fraction of sp³-hybridized carbons (Fsp3) is 0.667. The van der Waals surface area contributed by atoms with Crippen molar-refractivity contribution in [3.63, 3.8) is 0 Å². The molecule has 1 aromatic rings. The number of aromatic nitrogens is 1. The number of amides is 2. The first-order chi connectivity index (χ1) is 9.99. The molecule has 2 aliphatic rings. The van der Waals surface area contributed by atoms with Crippen molar-refractivity contribution in [2.45, 2.75) is 52.2 Å². The van der Waals surface area contributed by atoms with Crippen molar-refractivity contribution in [1.82, 2.24) is 14.8 Å². The van der Waals surface area contributed by atoms with Crippen LogP contribution in [0.5, 0.6) is 0 Å². The Morgan fingerprint density at radius 1 is 1.38 bits per heavy atom. The number of thiazole rings is 1. The van der Waals surface area contributed by atoms with E-state index in [-0.39, 0.29) is 29.8 Å². The van der Waals surface area contributed by atoms with Crippen LogP contribution in [0.15, 0.2) is 5.38 Å². The van der Waals surface area contributed by atoms with Crippen LogP contribution < -0.4 is 0 Å². The highest BCUT2D eigenvalue weighted by molar-refractivity contribution is 7.09. The zero-order valence-corrected chi connectivity index (χ0v) is 13.5. The van der Waals surface area contributed by atoms with Gasteiger partial charge < -0.3 is 9.80 Å². The number of hydrogen-bond acceptors (Lipinski definition) is 4. The van der Waals surface area contributed by atoms with Crippen molar-refractivity contribution in [2.75, 3.05) is 6.54 Å².